The monoisotopic (exact) mass is 424 g/mol. The molecule has 1 atom stereocenters. The molecule has 1 aliphatic rings. The SMILES string of the molecule is O=S(=O)(NCC1CN(Cc2ccccc2)CCO1)c1ccccc1Br. The van der Waals surface area contributed by atoms with Gasteiger partial charge in [-0.2, -0.15) is 0 Å². The van der Waals surface area contributed by atoms with E-state index in [2.05, 4.69) is 37.7 Å². The van der Waals surface area contributed by atoms with E-state index in [0.717, 1.165) is 13.1 Å². The zero-order valence-electron chi connectivity index (χ0n) is 13.8. The van der Waals surface area contributed by atoms with Crippen molar-refractivity contribution in [2.24, 2.45) is 0 Å². The second kappa shape index (κ2) is 8.42. The number of nitrogens with zero attached hydrogens (tertiary/aromatic N) is 1. The van der Waals surface area contributed by atoms with Crippen LogP contribution in [-0.2, 0) is 21.3 Å². The molecule has 0 bridgehead atoms. The van der Waals surface area contributed by atoms with E-state index in [1.807, 2.05) is 18.2 Å². The maximum absolute atomic E-state index is 12.5. The molecule has 0 spiro atoms. The summed E-state index contributed by atoms with van der Waals surface area (Å²) in [5.74, 6) is 0. The lowest BCUT2D eigenvalue weighted by atomic mass is 10.2. The standard InChI is InChI=1S/C18H21BrN2O3S/c19-17-8-4-5-9-18(17)25(22,23)20-12-16-14-21(10-11-24-16)13-15-6-2-1-3-7-15/h1-9,16,20H,10-14H2. The second-order valence-corrected chi connectivity index (χ2v) is 8.59. The first-order valence-electron chi connectivity index (χ1n) is 8.17. The second-order valence-electron chi connectivity index (χ2n) is 6.00. The number of rotatable bonds is 6. The van der Waals surface area contributed by atoms with Crippen LogP contribution in [0.4, 0.5) is 0 Å². The van der Waals surface area contributed by atoms with E-state index in [0.29, 0.717) is 17.6 Å². The van der Waals surface area contributed by atoms with Crippen LogP contribution in [-0.4, -0.2) is 45.7 Å². The molecule has 5 nitrogen and oxygen atoms in total. The van der Waals surface area contributed by atoms with Crippen LogP contribution in [0, 0.1) is 0 Å². The minimum atomic E-state index is -3.56. The van der Waals surface area contributed by atoms with E-state index in [4.69, 9.17) is 4.74 Å². The first-order chi connectivity index (χ1) is 12.0. The van der Waals surface area contributed by atoms with Crippen molar-refractivity contribution in [3.05, 3.63) is 64.6 Å². The molecule has 1 fully saturated rings. The molecule has 1 unspecified atom stereocenters. The number of halogens is 1. The van der Waals surface area contributed by atoms with Crippen molar-refractivity contribution in [3.8, 4) is 0 Å². The largest absolute Gasteiger partial charge is 0.374 e. The van der Waals surface area contributed by atoms with Crippen LogP contribution in [0.15, 0.2) is 64.0 Å². The molecule has 0 saturated carbocycles. The van der Waals surface area contributed by atoms with Gasteiger partial charge in [-0.25, -0.2) is 13.1 Å². The van der Waals surface area contributed by atoms with Gasteiger partial charge in [0.1, 0.15) is 0 Å². The Balaban J connectivity index is 1.57. The Hall–Kier alpha value is -1.25. The molecule has 2 aromatic rings. The van der Waals surface area contributed by atoms with Gasteiger partial charge >= 0.3 is 0 Å². The van der Waals surface area contributed by atoms with E-state index in [1.54, 1.807) is 24.3 Å². The molecule has 7 heteroatoms. The van der Waals surface area contributed by atoms with Crippen LogP contribution >= 0.6 is 15.9 Å². The highest BCUT2D eigenvalue weighted by Crippen LogP contribution is 2.21. The minimum absolute atomic E-state index is 0.158. The van der Waals surface area contributed by atoms with E-state index in [9.17, 15) is 8.42 Å². The Morgan fingerprint density at radius 3 is 2.60 bits per heavy atom. The summed E-state index contributed by atoms with van der Waals surface area (Å²) in [4.78, 5) is 2.53. The van der Waals surface area contributed by atoms with Crippen molar-refractivity contribution < 1.29 is 13.2 Å². The molecular formula is C18H21BrN2O3S. The number of hydrogen-bond acceptors (Lipinski definition) is 4. The third kappa shape index (κ3) is 5.12. The first kappa shape index (κ1) is 18.5. The first-order valence-corrected chi connectivity index (χ1v) is 10.4. The summed E-state index contributed by atoms with van der Waals surface area (Å²) in [6, 6.07) is 17.0. The quantitative estimate of drug-likeness (QED) is 0.773. The molecule has 134 valence electrons. The third-order valence-electron chi connectivity index (χ3n) is 4.10. The maximum Gasteiger partial charge on any atom is 0.241 e. The highest BCUT2D eigenvalue weighted by atomic mass is 79.9. The van der Waals surface area contributed by atoms with Gasteiger partial charge in [0.15, 0.2) is 0 Å². The van der Waals surface area contributed by atoms with E-state index in [-0.39, 0.29) is 17.5 Å². The van der Waals surface area contributed by atoms with Crippen LogP contribution in [0.5, 0.6) is 0 Å². The molecule has 1 aliphatic heterocycles. The Morgan fingerprint density at radius 1 is 1.12 bits per heavy atom. The molecular weight excluding hydrogens is 404 g/mol. The van der Waals surface area contributed by atoms with Gasteiger partial charge in [0.25, 0.3) is 0 Å². The summed E-state index contributed by atoms with van der Waals surface area (Å²) >= 11 is 3.29. The zero-order valence-corrected chi connectivity index (χ0v) is 16.2. The fourth-order valence-electron chi connectivity index (χ4n) is 2.83. The lowest BCUT2D eigenvalue weighted by Crippen LogP contribution is -2.47. The fraction of sp³-hybridized carbons (Fsp3) is 0.333. The Bertz CT molecular complexity index is 799. The van der Waals surface area contributed by atoms with Gasteiger partial charge < -0.3 is 4.74 Å². The van der Waals surface area contributed by atoms with Crippen molar-refractivity contribution >= 4 is 26.0 Å². The summed E-state index contributed by atoms with van der Waals surface area (Å²) in [6.45, 7) is 3.26. The van der Waals surface area contributed by atoms with E-state index < -0.39 is 10.0 Å². The summed E-state index contributed by atoms with van der Waals surface area (Å²) in [5.41, 5.74) is 1.25. The molecule has 2 aromatic carbocycles. The normalized spacial score (nSPS) is 19.0. The summed E-state index contributed by atoms with van der Waals surface area (Å²) in [5, 5.41) is 0. The van der Waals surface area contributed by atoms with Crippen LogP contribution < -0.4 is 4.72 Å². The molecule has 1 heterocycles. The van der Waals surface area contributed by atoms with Crippen molar-refractivity contribution in [2.45, 2.75) is 17.5 Å². The molecule has 0 aromatic heterocycles. The van der Waals surface area contributed by atoms with Crippen molar-refractivity contribution in [3.63, 3.8) is 0 Å². The zero-order chi connectivity index (χ0) is 17.7. The highest BCUT2D eigenvalue weighted by molar-refractivity contribution is 9.10. The van der Waals surface area contributed by atoms with Gasteiger partial charge in [-0.3, -0.25) is 4.90 Å². The van der Waals surface area contributed by atoms with Crippen LogP contribution in [0.3, 0.4) is 0 Å². The van der Waals surface area contributed by atoms with Crippen molar-refractivity contribution in [1.29, 1.82) is 0 Å². The number of hydrogen-bond donors (Lipinski definition) is 1. The van der Waals surface area contributed by atoms with Gasteiger partial charge in [0.2, 0.25) is 10.0 Å². The summed E-state index contributed by atoms with van der Waals surface area (Å²) in [7, 11) is -3.56. The molecule has 0 amide bonds. The van der Waals surface area contributed by atoms with E-state index in [1.165, 1.54) is 5.56 Å². The average molecular weight is 425 g/mol. The number of morpholine rings is 1. The van der Waals surface area contributed by atoms with Gasteiger partial charge in [0.05, 0.1) is 17.6 Å². The van der Waals surface area contributed by atoms with Gasteiger partial charge in [-0.1, -0.05) is 42.5 Å². The maximum atomic E-state index is 12.5. The van der Waals surface area contributed by atoms with Gasteiger partial charge in [-0.15, -0.1) is 0 Å². The van der Waals surface area contributed by atoms with Gasteiger partial charge in [-0.05, 0) is 33.6 Å². The predicted octanol–water partition coefficient (Wildman–Crippen LogP) is 2.63. The molecule has 3 rings (SSSR count). The Morgan fingerprint density at radius 2 is 1.84 bits per heavy atom. The fourth-order valence-corrected chi connectivity index (χ4v) is 4.90. The minimum Gasteiger partial charge on any atom is -0.374 e. The van der Waals surface area contributed by atoms with Crippen LogP contribution in [0.1, 0.15) is 5.56 Å². The molecule has 0 aliphatic carbocycles. The van der Waals surface area contributed by atoms with Crippen molar-refractivity contribution in [2.75, 3.05) is 26.2 Å². The predicted molar refractivity (Wildman–Crippen MR) is 101 cm³/mol. The van der Waals surface area contributed by atoms with Gasteiger partial charge in [0, 0.05) is 30.7 Å². The number of sulfonamides is 1. The third-order valence-corrected chi connectivity index (χ3v) is 6.53. The molecule has 1 N–H and O–H groups in total. The summed E-state index contributed by atoms with van der Waals surface area (Å²) < 4.78 is 33.9. The smallest absolute Gasteiger partial charge is 0.241 e. The Kier molecular flexibility index (Phi) is 6.24. The number of ether oxygens (including phenoxy) is 1. The molecule has 25 heavy (non-hydrogen) atoms. The topological polar surface area (TPSA) is 58.6 Å². The van der Waals surface area contributed by atoms with Crippen molar-refractivity contribution in [1.82, 2.24) is 9.62 Å². The Labute approximate surface area is 157 Å². The highest BCUT2D eigenvalue weighted by Gasteiger charge is 2.24. The molecule has 0 radical (unpaired) electrons. The summed E-state index contributed by atoms with van der Waals surface area (Å²) in [6.07, 6.45) is -0.158. The average Bonchev–Trinajstić information content (AvgIpc) is 2.62. The van der Waals surface area contributed by atoms with Crippen LogP contribution in [0.2, 0.25) is 0 Å². The lowest BCUT2D eigenvalue weighted by Gasteiger charge is -2.33. The van der Waals surface area contributed by atoms with Crippen LogP contribution in [0.25, 0.3) is 0 Å². The molecule has 1 saturated heterocycles. The number of benzene rings is 2. The number of nitrogens with one attached hydrogen (secondary N) is 1. The lowest BCUT2D eigenvalue weighted by molar-refractivity contribution is -0.0276. The van der Waals surface area contributed by atoms with E-state index >= 15 is 0 Å².